The van der Waals surface area contributed by atoms with E-state index in [1.54, 1.807) is 31.2 Å². The Labute approximate surface area is 196 Å². The Balaban J connectivity index is 0.00000450. The lowest BCUT2D eigenvalue weighted by Gasteiger charge is -2.27. The maximum Gasteiger partial charge on any atom is 0.333 e. The highest BCUT2D eigenvalue weighted by molar-refractivity contribution is 7.52. The van der Waals surface area contributed by atoms with E-state index in [2.05, 4.69) is 0 Å². The predicted molar refractivity (Wildman–Crippen MR) is 124 cm³/mol. The van der Waals surface area contributed by atoms with E-state index >= 15 is 0 Å². The summed E-state index contributed by atoms with van der Waals surface area (Å²) < 4.78 is 12.0. The van der Waals surface area contributed by atoms with Gasteiger partial charge in [0.2, 0.25) is 5.91 Å². The van der Waals surface area contributed by atoms with Gasteiger partial charge in [-0.3, -0.25) is 14.2 Å². The number of nitrogens with zero attached hydrogens (tertiary/aromatic N) is 1. The van der Waals surface area contributed by atoms with E-state index in [1.807, 2.05) is 0 Å². The highest BCUT2D eigenvalue weighted by Gasteiger charge is 2.32. The fourth-order valence-electron chi connectivity index (χ4n) is 2.76. The van der Waals surface area contributed by atoms with E-state index < -0.39 is 19.4 Å². The molecule has 0 aliphatic rings. The number of amides is 1. The highest BCUT2D eigenvalue weighted by atomic mass is 35.5. The van der Waals surface area contributed by atoms with E-state index in [0.717, 1.165) is 10.6 Å². The molecule has 12 heteroatoms. The minimum absolute atomic E-state index is 0. The number of carbonyl (C=O) groups excluding carboxylic acids is 1. The lowest BCUT2D eigenvalue weighted by Crippen LogP contribution is -2.32. The SMILES string of the molecule is CC(=O)N(CCC(c1ccc(Cl)c(Cl)c1)P(=O)(O)O)OC(C)c1ccc(Cl)cc1.N.N. The Morgan fingerprint density at radius 2 is 1.58 bits per heavy atom. The number of hydrogen-bond donors (Lipinski definition) is 4. The van der Waals surface area contributed by atoms with Crippen LogP contribution in [0.15, 0.2) is 42.5 Å². The molecule has 1 amide bonds. The summed E-state index contributed by atoms with van der Waals surface area (Å²) in [5, 5.41) is 2.15. The largest absolute Gasteiger partial charge is 0.344 e. The monoisotopic (exact) mass is 513 g/mol. The second kappa shape index (κ2) is 12.7. The third kappa shape index (κ3) is 8.69. The van der Waals surface area contributed by atoms with Crippen molar-refractivity contribution in [3.8, 4) is 0 Å². The first-order valence-electron chi connectivity index (χ1n) is 8.69. The molecule has 0 heterocycles. The molecule has 31 heavy (non-hydrogen) atoms. The molecule has 0 aliphatic heterocycles. The highest BCUT2D eigenvalue weighted by Crippen LogP contribution is 2.54. The first kappa shape index (κ1) is 29.8. The maximum atomic E-state index is 12.0. The first-order valence-corrected chi connectivity index (χ1v) is 11.5. The van der Waals surface area contributed by atoms with Gasteiger partial charge in [-0.25, -0.2) is 5.06 Å². The lowest BCUT2D eigenvalue weighted by molar-refractivity contribution is -0.203. The molecule has 2 atom stereocenters. The first-order chi connectivity index (χ1) is 13.5. The molecule has 0 bridgehead atoms. The molecule has 2 aromatic carbocycles. The molecule has 174 valence electrons. The molecular weight excluding hydrogens is 488 g/mol. The smallest absolute Gasteiger partial charge is 0.333 e. The summed E-state index contributed by atoms with van der Waals surface area (Å²) in [4.78, 5) is 37.3. The van der Waals surface area contributed by atoms with Crippen LogP contribution < -0.4 is 12.3 Å². The van der Waals surface area contributed by atoms with Crippen LogP contribution in [-0.2, 0) is 14.2 Å². The van der Waals surface area contributed by atoms with Crippen LogP contribution in [0.2, 0.25) is 15.1 Å². The van der Waals surface area contributed by atoms with Gasteiger partial charge in [0.25, 0.3) is 0 Å². The fraction of sp³-hybridized carbons (Fsp3) is 0.316. The average Bonchev–Trinajstić information content (AvgIpc) is 2.63. The van der Waals surface area contributed by atoms with Gasteiger partial charge in [-0.2, -0.15) is 0 Å². The Morgan fingerprint density at radius 1 is 1.03 bits per heavy atom. The summed E-state index contributed by atoms with van der Waals surface area (Å²) in [5.41, 5.74) is -0.0211. The molecule has 0 saturated carbocycles. The summed E-state index contributed by atoms with van der Waals surface area (Å²) >= 11 is 17.8. The molecule has 8 nitrogen and oxygen atoms in total. The Kier molecular flexibility index (Phi) is 12.3. The fourth-order valence-corrected chi connectivity index (χ4v) is 4.19. The average molecular weight is 515 g/mol. The van der Waals surface area contributed by atoms with Crippen LogP contribution in [0.5, 0.6) is 0 Å². The van der Waals surface area contributed by atoms with Gasteiger partial charge >= 0.3 is 7.60 Å². The summed E-state index contributed by atoms with van der Waals surface area (Å²) in [6.45, 7) is 3.06. The normalized spacial score (nSPS) is 12.9. The second-order valence-corrected chi connectivity index (χ2v) is 9.54. The van der Waals surface area contributed by atoms with Gasteiger partial charge < -0.3 is 22.1 Å². The van der Waals surface area contributed by atoms with E-state index in [4.69, 9.17) is 39.6 Å². The van der Waals surface area contributed by atoms with Crippen molar-refractivity contribution >= 4 is 48.3 Å². The number of halogens is 3. The van der Waals surface area contributed by atoms with Gasteiger partial charge in [0.05, 0.1) is 15.7 Å². The minimum atomic E-state index is -4.53. The Bertz CT molecular complexity index is 911. The van der Waals surface area contributed by atoms with Crippen LogP contribution >= 0.6 is 42.4 Å². The molecule has 2 aromatic rings. The van der Waals surface area contributed by atoms with Crippen LogP contribution in [0, 0.1) is 0 Å². The van der Waals surface area contributed by atoms with Crippen LogP contribution in [-0.4, -0.2) is 27.3 Å². The zero-order chi connectivity index (χ0) is 21.8. The third-order valence-electron chi connectivity index (χ3n) is 4.32. The molecule has 0 radical (unpaired) electrons. The van der Waals surface area contributed by atoms with Gasteiger partial charge in [0.1, 0.15) is 6.10 Å². The van der Waals surface area contributed by atoms with Crippen molar-refractivity contribution in [1.29, 1.82) is 0 Å². The van der Waals surface area contributed by atoms with Crippen molar-refractivity contribution in [3.05, 3.63) is 68.7 Å². The Morgan fingerprint density at radius 3 is 2.06 bits per heavy atom. The van der Waals surface area contributed by atoms with Gasteiger partial charge in [-0.15, -0.1) is 0 Å². The van der Waals surface area contributed by atoms with Crippen molar-refractivity contribution in [2.45, 2.75) is 32.0 Å². The van der Waals surface area contributed by atoms with Crippen molar-refractivity contribution in [1.82, 2.24) is 17.4 Å². The maximum absolute atomic E-state index is 12.0. The molecule has 0 spiro atoms. The molecule has 0 aromatic heterocycles. The number of rotatable bonds is 8. The van der Waals surface area contributed by atoms with Crippen LogP contribution in [0.4, 0.5) is 0 Å². The number of benzene rings is 2. The van der Waals surface area contributed by atoms with Crippen molar-refractivity contribution < 1.29 is 24.0 Å². The van der Waals surface area contributed by atoms with Gasteiger partial charge in [0, 0.05) is 18.5 Å². The van der Waals surface area contributed by atoms with Crippen molar-refractivity contribution in [3.63, 3.8) is 0 Å². The molecule has 2 unspecified atom stereocenters. The van der Waals surface area contributed by atoms with E-state index in [1.165, 1.54) is 25.1 Å². The number of hydrogen-bond acceptors (Lipinski definition) is 5. The van der Waals surface area contributed by atoms with Crippen LogP contribution in [0.3, 0.4) is 0 Å². The van der Waals surface area contributed by atoms with E-state index in [-0.39, 0.29) is 41.2 Å². The summed E-state index contributed by atoms with van der Waals surface area (Å²) in [5.74, 6) is -0.385. The summed E-state index contributed by atoms with van der Waals surface area (Å²) in [7, 11) is -4.53. The van der Waals surface area contributed by atoms with Gasteiger partial charge in [-0.05, 0) is 48.7 Å². The molecular formula is C19H27Cl3N3O5P. The third-order valence-corrected chi connectivity index (χ3v) is 6.68. The molecule has 0 saturated heterocycles. The number of carbonyl (C=O) groups is 1. The number of hydroxylamine groups is 2. The molecule has 0 aliphatic carbocycles. The van der Waals surface area contributed by atoms with Crippen LogP contribution in [0.1, 0.15) is 43.2 Å². The van der Waals surface area contributed by atoms with Gasteiger partial charge in [-0.1, -0.05) is 53.0 Å². The molecule has 2 rings (SSSR count). The molecule has 0 fully saturated rings. The Hall–Kier alpha value is -1.19. The second-order valence-electron chi connectivity index (χ2n) is 6.49. The summed E-state index contributed by atoms with van der Waals surface area (Å²) in [6.07, 6.45) is -0.496. The van der Waals surface area contributed by atoms with Crippen LogP contribution in [0.25, 0.3) is 0 Å². The summed E-state index contributed by atoms with van der Waals surface area (Å²) in [6, 6.07) is 11.4. The minimum Gasteiger partial charge on any atom is -0.344 e. The quantitative estimate of drug-likeness (QED) is 0.244. The van der Waals surface area contributed by atoms with Crippen molar-refractivity contribution in [2.75, 3.05) is 6.54 Å². The van der Waals surface area contributed by atoms with Crippen molar-refractivity contribution in [2.24, 2.45) is 0 Å². The zero-order valence-electron chi connectivity index (χ0n) is 17.2. The standard InChI is InChI=1S/C19H21Cl3NO5P.2H3N/c1-12(14-3-6-16(20)7-4-14)28-23(13(2)24)10-9-19(29(25,26)27)15-5-8-17(21)18(22)11-15;;/h3-8,11-12,19H,9-10H2,1-2H3,(H2,25,26,27);2*1H3. The molecule has 8 N–H and O–H groups in total. The topological polar surface area (TPSA) is 157 Å². The van der Waals surface area contributed by atoms with E-state index in [9.17, 15) is 19.1 Å². The zero-order valence-corrected chi connectivity index (χ0v) is 20.3. The predicted octanol–water partition coefficient (Wildman–Crippen LogP) is 6.12. The van der Waals surface area contributed by atoms with E-state index in [0.29, 0.717) is 10.6 Å². The lowest BCUT2D eigenvalue weighted by atomic mass is 10.1. The van der Waals surface area contributed by atoms with Gasteiger partial charge in [0.15, 0.2) is 0 Å².